The molecule has 1 aromatic heterocycles. The van der Waals surface area contributed by atoms with Gasteiger partial charge in [0.25, 0.3) is 0 Å². The van der Waals surface area contributed by atoms with Crippen molar-refractivity contribution >= 4 is 27.5 Å². The average Bonchev–Trinajstić information content (AvgIpc) is 2.41. The van der Waals surface area contributed by atoms with Crippen LogP contribution in [0.4, 0.5) is 0 Å². The van der Waals surface area contributed by atoms with Gasteiger partial charge in [0.05, 0.1) is 16.8 Å². The van der Waals surface area contributed by atoms with Gasteiger partial charge in [-0.25, -0.2) is 0 Å². The smallest absolute Gasteiger partial charge is 0.0762 e. The third kappa shape index (κ3) is 4.03. The van der Waals surface area contributed by atoms with Crippen molar-refractivity contribution in [3.8, 4) is 0 Å². The van der Waals surface area contributed by atoms with Crippen molar-refractivity contribution in [3.05, 3.63) is 63.3 Å². The Hall–Kier alpha value is -0.900. The minimum Gasteiger partial charge on any atom is -0.309 e. The first-order chi connectivity index (χ1) is 9.20. The molecule has 2 aromatic rings. The maximum Gasteiger partial charge on any atom is 0.0762 e. The van der Waals surface area contributed by atoms with Crippen molar-refractivity contribution in [1.82, 2.24) is 10.3 Å². The van der Waals surface area contributed by atoms with Crippen molar-refractivity contribution in [1.29, 1.82) is 0 Å². The summed E-state index contributed by atoms with van der Waals surface area (Å²) in [5, 5.41) is 4.16. The van der Waals surface area contributed by atoms with E-state index in [2.05, 4.69) is 57.4 Å². The van der Waals surface area contributed by atoms with E-state index in [4.69, 9.17) is 11.6 Å². The number of halogens is 2. The lowest BCUT2D eigenvalue weighted by molar-refractivity contribution is 0.537. The van der Waals surface area contributed by atoms with E-state index in [0.717, 1.165) is 23.1 Å². The molecule has 19 heavy (non-hydrogen) atoms. The Morgan fingerprint density at radius 3 is 2.63 bits per heavy atom. The Labute approximate surface area is 127 Å². The second-order valence-electron chi connectivity index (χ2n) is 4.31. The predicted molar refractivity (Wildman–Crippen MR) is 83.5 cm³/mol. The molecular formula is C15H16BrClN2. The van der Waals surface area contributed by atoms with E-state index in [1.54, 1.807) is 6.20 Å². The highest BCUT2D eigenvalue weighted by Crippen LogP contribution is 2.24. The number of benzene rings is 1. The van der Waals surface area contributed by atoms with Crippen LogP contribution in [0.5, 0.6) is 0 Å². The Kier molecular flexibility index (Phi) is 5.37. The summed E-state index contributed by atoms with van der Waals surface area (Å²) in [6.45, 7) is 2.97. The second kappa shape index (κ2) is 7.04. The van der Waals surface area contributed by atoms with Crippen LogP contribution in [0.1, 0.15) is 24.2 Å². The quantitative estimate of drug-likeness (QED) is 0.874. The fraction of sp³-hybridized carbons (Fsp3) is 0.267. The zero-order valence-electron chi connectivity index (χ0n) is 10.7. The number of pyridine rings is 1. The van der Waals surface area contributed by atoms with Crippen LogP contribution in [-0.4, -0.2) is 11.5 Å². The van der Waals surface area contributed by atoms with Crippen molar-refractivity contribution < 1.29 is 0 Å². The van der Waals surface area contributed by atoms with Crippen molar-refractivity contribution in [2.75, 3.05) is 6.54 Å². The summed E-state index contributed by atoms with van der Waals surface area (Å²) in [6, 6.07) is 12.2. The highest BCUT2D eigenvalue weighted by Gasteiger charge is 2.15. The molecule has 4 heteroatoms. The van der Waals surface area contributed by atoms with Gasteiger partial charge in [-0.2, -0.15) is 0 Å². The largest absolute Gasteiger partial charge is 0.309 e. The molecule has 0 aliphatic carbocycles. The van der Waals surface area contributed by atoms with Crippen molar-refractivity contribution in [3.63, 3.8) is 0 Å². The number of rotatable bonds is 5. The molecule has 0 radical (unpaired) electrons. The summed E-state index contributed by atoms with van der Waals surface area (Å²) in [6.07, 6.45) is 2.66. The highest BCUT2D eigenvalue weighted by molar-refractivity contribution is 9.10. The van der Waals surface area contributed by atoms with Gasteiger partial charge in [0.2, 0.25) is 0 Å². The number of hydrogen-bond donors (Lipinski definition) is 1. The van der Waals surface area contributed by atoms with Gasteiger partial charge in [0.15, 0.2) is 0 Å². The van der Waals surface area contributed by atoms with Gasteiger partial charge in [0, 0.05) is 10.7 Å². The van der Waals surface area contributed by atoms with Gasteiger partial charge >= 0.3 is 0 Å². The van der Waals surface area contributed by atoms with Crippen LogP contribution >= 0.6 is 27.5 Å². The van der Waals surface area contributed by atoms with Crippen LogP contribution in [0, 0.1) is 0 Å². The first-order valence-corrected chi connectivity index (χ1v) is 7.46. The highest BCUT2D eigenvalue weighted by atomic mass is 79.9. The van der Waals surface area contributed by atoms with Gasteiger partial charge in [0.1, 0.15) is 0 Å². The fourth-order valence-corrected chi connectivity index (χ4v) is 2.54. The van der Waals surface area contributed by atoms with Crippen LogP contribution in [0.15, 0.2) is 47.1 Å². The Bertz CT molecular complexity index is 528. The Morgan fingerprint density at radius 1 is 1.26 bits per heavy atom. The van der Waals surface area contributed by atoms with Gasteiger partial charge in [-0.3, -0.25) is 4.98 Å². The average molecular weight is 340 g/mol. The molecule has 0 aliphatic heterocycles. The third-order valence-electron chi connectivity index (χ3n) is 2.92. The first-order valence-electron chi connectivity index (χ1n) is 6.29. The minimum absolute atomic E-state index is 0.139. The predicted octanol–water partition coefficient (Wildman–Crippen LogP) is 4.39. The van der Waals surface area contributed by atoms with Gasteiger partial charge in [-0.05, 0) is 42.8 Å². The van der Waals surface area contributed by atoms with Gasteiger partial charge < -0.3 is 5.32 Å². The lowest BCUT2D eigenvalue weighted by Gasteiger charge is -2.18. The first kappa shape index (κ1) is 14.5. The van der Waals surface area contributed by atoms with E-state index >= 15 is 0 Å². The van der Waals surface area contributed by atoms with Crippen molar-refractivity contribution in [2.45, 2.75) is 19.4 Å². The van der Waals surface area contributed by atoms with Crippen LogP contribution in [-0.2, 0) is 6.42 Å². The molecule has 0 saturated heterocycles. The summed E-state index contributed by atoms with van der Waals surface area (Å²) < 4.78 is 1.09. The Balaban J connectivity index is 2.21. The summed E-state index contributed by atoms with van der Waals surface area (Å²) in [4.78, 5) is 4.41. The number of nitrogens with zero attached hydrogens (tertiary/aromatic N) is 1. The monoisotopic (exact) mass is 338 g/mol. The molecule has 0 fully saturated rings. The molecule has 0 aliphatic rings. The van der Waals surface area contributed by atoms with Crippen LogP contribution in [0.25, 0.3) is 0 Å². The van der Waals surface area contributed by atoms with E-state index in [9.17, 15) is 0 Å². The van der Waals surface area contributed by atoms with E-state index in [-0.39, 0.29) is 6.04 Å². The molecule has 1 N–H and O–H groups in total. The van der Waals surface area contributed by atoms with Gasteiger partial charge in [-0.15, -0.1) is 0 Å². The second-order valence-corrected chi connectivity index (χ2v) is 5.63. The topological polar surface area (TPSA) is 24.9 Å². The SMILES string of the molecule is CCNC(Cc1ccc(Br)cc1)c1ncccc1Cl. The Morgan fingerprint density at radius 2 is 2.00 bits per heavy atom. The van der Waals surface area contributed by atoms with Gasteiger partial charge in [-0.1, -0.05) is 46.6 Å². The number of aromatic nitrogens is 1. The van der Waals surface area contributed by atoms with Crippen LogP contribution in [0.2, 0.25) is 5.02 Å². The fourth-order valence-electron chi connectivity index (χ4n) is 2.02. The minimum atomic E-state index is 0.139. The summed E-state index contributed by atoms with van der Waals surface area (Å²) in [5.74, 6) is 0. The summed E-state index contributed by atoms with van der Waals surface area (Å²) in [7, 11) is 0. The summed E-state index contributed by atoms with van der Waals surface area (Å²) >= 11 is 9.69. The molecule has 0 bridgehead atoms. The lowest BCUT2D eigenvalue weighted by Crippen LogP contribution is -2.24. The standard InChI is InChI=1S/C15H16BrClN2/c1-2-18-14(15-13(17)4-3-9-19-15)10-11-5-7-12(16)8-6-11/h3-9,14,18H,2,10H2,1H3. The maximum absolute atomic E-state index is 6.24. The summed E-state index contributed by atoms with van der Waals surface area (Å²) in [5.41, 5.74) is 2.17. The zero-order valence-corrected chi connectivity index (χ0v) is 13.1. The molecule has 1 aromatic carbocycles. The van der Waals surface area contributed by atoms with Crippen molar-refractivity contribution in [2.24, 2.45) is 0 Å². The van der Waals surface area contributed by atoms with E-state index in [1.807, 2.05) is 12.1 Å². The molecule has 1 atom stereocenters. The maximum atomic E-state index is 6.24. The van der Waals surface area contributed by atoms with Crippen LogP contribution < -0.4 is 5.32 Å². The molecule has 2 rings (SSSR count). The van der Waals surface area contributed by atoms with E-state index in [1.165, 1.54) is 5.56 Å². The molecule has 0 saturated carbocycles. The molecule has 0 spiro atoms. The van der Waals surface area contributed by atoms with E-state index < -0.39 is 0 Å². The van der Waals surface area contributed by atoms with E-state index in [0.29, 0.717) is 5.02 Å². The number of hydrogen-bond acceptors (Lipinski definition) is 2. The third-order valence-corrected chi connectivity index (χ3v) is 3.77. The molecule has 1 heterocycles. The number of likely N-dealkylation sites (N-methyl/N-ethyl adjacent to an activating group) is 1. The number of nitrogens with one attached hydrogen (secondary N) is 1. The van der Waals surface area contributed by atoms with Crippen LogP contribution in [0.3, 0.4) is 0 Å². The molecule has 2 nitrogen and oxygen atoms in total. The zero-order chi connectivity index (χ0) is 13.7. The normalized spacial score (nSPS) is 12.4. The molecular weight excluding hydrogens is 324 g/mol. The molecule has 0 amide bonds. The molecule has 100 valence electrons. The molecule has 1 unspecified atom stereocenters. The lowest BCUT2D eigenvalue weighted by atomic mass is 10.0.